The van der Waals surface area contributed by atoms with E-state index in [0.29, 0.717) is 0 Å². The van der Waals surface area contributed by atoms with Crippen LogP contribution < -0.4 is 10.2 Å². The Morgan fingerprint density at radius 2 is 2.07 bits per heavy atom. The molecule has 0 fully saturated rings. The molecule has 0 atom stereocenters. The summed E-state index contributed by atoms with van der Waals surface area (Å²) in [7, 11) is 4.13. The Morgan fingerprint density at radius 3 is 2.85 bits per heavy atom. The average molecular weight is 387 g/mol. The average Bonchev–Trinajstić information content (AvgIpc) is 3.26. The van der Waals surface area contributed by atoms with Crippen LogP contribution in [0.25, 0.3) is 10.3 Å². The highest BCUT2D eigenvalue weighted by molar-refractivity contribution is 7.21. The zero-order valence-corrected chi connectivity index (χ0v) is 17.6. The lowest BCUT2D eigenvalue weighted by Crippen LogP contribution is -2.20. The molecule has 2 aromatic heterocycles. The highest BCUT2D eigenvalue weighted by atomic mass is 32.1. The van der Waals surface area contributed by atoms with E-state index < -0.39 is 0 Å². The number of thiazole rings is 1. The molecular weight excluding hydrogens is 356 g/mol. The van der Waals surface area contributed by atoms with Gasteiger partial charge < -0.3 is 15.1 Å². The van der Waals surface area contributed by atoms with Crippen LogP contribution in [0.5, 0.6) is 0 Å². The van der Waals surface area contributed by atoms with E-state index in [1.54, 1.807) is 17.7 Å². The summed E-state index contributed by atoms with van der Waals surface area (Å²) in [5.74, 6) is 0.907. The Labute approximate surface area is 166 Å². The number of hydrogen-bond donors (Lipinski definition) is 1. The van der Waals surface area contributed by atoms with Crippen LogP contribution in [0.15, 0.2) is 24.5 Å². The standard InChI is InChI=1S/C18H22N6S.C2H6.H2/c1-12-4-5-14-13(10-12)6-8-24(14)16-15-17(21-11-20-16)25-18(22-15)19-7-9-23(2)3;1-2;/h4-5,10-11H,6-9H2,1-3H3,(H,19,22);1-2H3;1H. The summed E-state index contributed by atoms with van der Waals surface area (Å²) in [6.07, 6.45) is 2.69. The van der Waals surface area contributed by atoms with Crippen molar-refractivity contribution in [1.82, 2.24) is 19.9 Å². The van der Waals surface area contributed by atoms with Crippen molar-refractivity contribution in [2.24, 2.45) is 0 Å². The summed E-state index contributed by atoms with van der Waals surface area (Å²) in [6, 6.07) is 6.61. The smallest absolute Gasteiger partial charge is 0.185 e. The number of anilines is 3. The number of benzene rings is 1. The van der Waals surface area contributed by atoms with E-state index in [2.05, 4.69) is 64.3 Å². The molecule has 6 nitrogen and oxygen atoms in total. The molecule has 0 amide bonds. The Bertz CT molecular complexity index is 911. The topological polar surface area (TPSA) is 57.2 Å². The van der Waals surface area contributed by atoms with Gasteiger partial charge in [0.15, 0.2) is 15.8 Å². The van der Waals surface area contributed by atoms with Crippen LogP contribution in [0, 0.1) is 6.92 Å². The monoisotopic (exact) mass is 386 g/mol. The van der Waals surface area contributed by atoms with Crippen LogP contribution in [-0.2, 0) is 6.42 Å². The maximum absolute atomic E-state index is 4.77. The van der Waals surface area contributed by atoms with E-state index in [1.165, 1.54) is 16.8 Å². The summed E-state index contributed by atoms with van der Waals surface area (Å²) in [5, 5.41) is 4.29. The number of nitrogens with one attached hydrogen (secondary N) is 1. The number of fused-ring (bicyclic) bond motifs is 2. The lowest BCUT2D eigenvalue weighted by Gasteiger charge is -2.18. The first kappa shape index (κ1) is 19.5. The molecule has 0 unspecified atom stereocenters. The minimum absolute atomic E-state index is 0. The fourth-order valence-electron chi connectivity index (χ4n) is 3.15. The van der Waals surface area contributed by atoms with E-state index in [4.69, 9.17) is 4.98 Å². The predicted octanol–water partition coefficient (Wildman–Crippen LogP) is 4.33. The fourth-order valence-corrected chi connectivity index (χ4v) is 3.98. The first-order chi connectivity index (χ1) is 13.1. The molecule has 1 aromatic carbocycles. The molecular formula is C20H30N6S. The van der Waals surface area contributed by atoms with Gasteiger partial charge in [0.2, 0.25) is 0 Å². The summed E-state index contributed by atoms with van der Waals surface area (Å²) in [6.45, 7) is 8.90. The van der Waals surface area contributed by atoms with Crippen molar-refractivity contribution in [3.8, 4) is 0 Å². The van der Waals surface area contributed by atoms with E-state index in [-0.39, 0.29) is 1.43 Å². The van der Waals surface area contributed by atoms with Crippen LogP contribution in [0.3, 0.4) is 0 Å². The number of aryl methyl sites for hydroxylation is 1. The summed E-state index contributed by atoms with van der Waals surface area (Å²) >= 11 is 1.59. The predicted molar refractivity (Wildman–Crippen MR) is 118 cm³/mol. The molecule has 0 saturated heterocycles. The molecule has 3 aromatic rings. The van der Waals surface area contributed by atoms with Crippen molar-refractivity contribution in [2.45, 2.75) is 27.2 Å². The van der Waals surface area contributed by atoms with Crippen LogP contribution in [0.2, 0.25) is 0 Å². The normalized spacial score (nSPS) is 12.9. The molecule has 0 radical (unpaired) electrons. The maximum atomic E-state index is 4.77. The van der Waals surface area contributed by atoms with Gasteiger partial charge in [-0.3, -0.25) is 0 Å². The van der Waals surface area contributed by atoms with Crippen molar-refractivity contribution in [3.63, 3.8) is 0 Å². The van der Waals surface area contributed by atoms with Gasteiger partial charge in [0.1, 0.15) is 11.8 Å². The van der Waals surface area contributed by atoms with Crippen LogP contribution >= 0.6 is 11.3 Å². The number of nitrogens with zero attached hydrogens (tertiary/aromatic N) is 5. The van der Waals surface area contributed by atoms with Crippen molar-refractivity contribution >= 4 is 38.3 Å². The van der Waals surface area contributed by atoms with Crippen LogP contribution in [-0.4, -0.2) is 53.6 Å². The third-order valence-corrected chi connectivity index (χ3v) is 5.32. The van der Waals surface area contributed by atoms with Gasteiger partial charge in [-0.05, 0) is 39.1 Å². The third-order valence-electron chi connectivity index (χ3n) is 4.40. The first-order valence-electron chi connectivity index (χ1n) is 9.49. The zero-order valence-electron chi connectivity index (χ0n) is 16.8. The number of likely N-dealkylation sites (N-methyl/N-ethyl adjacent to an activating group) is 1. The number of hydrogen-bond acceptors (Lipinski definition) is 7. The summed E-state index contributed by atoms with van der Waals surface area (Å²) in [5.41, 5.74) is 4.80. The molecule has 146 valence electrons. The number of aromatic nitrogens is 3. The molecule has 0 saturated carbocycles. The van der Waals surface area contributed by atoms with Gasteiger partial charge >= 0.3 is 0 Å². The maximum Gasteiger partial charge on any atom is 0.185 e. The highest BCUT2D eigenvalue weighted by Gasteiger charge is 2.24. The quantitative estimate of drug-likeness (QED) is 0.704. The van der Waals surface area contributed by atoms with Gasteiger partial charge in [-0.15, -0.1) is 0 Å². The lowest BCUT2D eigenvalue weighted by molar-refractivity contribution is 0.425. The fraction of sp³-hybridized carbons (Fsp3) is 0.450. The summed E-state index contributed by atoms with van der Waals surface area (Å²) in [4.78, 5) is 19.1. The Balaban J connectivity index is 0.000000906. The zero-order chi connectivity index (χ0) is 19.4. The van der Waals surface area contributed by atoms with Crippen LogP contribution in [0.4, 0.5) is 16.6 Å². The molecule has 27 heavy (non-hydrogen) atoms. The van der Waals surface area contributed by atoms with E-state index in [0.717, 1.165) is 47.4 Å². The second-order valence-electron chi connectivity index (χ2n) is 6.63. The molecule has 4 rings (SSSR count). The largest absolute Gasteiger partial charge is 0.360 e. The molecule has 0 aliphatic carbocycles. The Kier molecular flexibility index (Phi) is 6.23. The van der Waals surface area contributed by atoms with Gasteiger partial charge in [-0.25, -0.2) is 15.0 Å². The Morgan fingerprint density at radius 1 is 1.26 bits per heavy atom. The minimum atomic E-state index is 0. The van der Waals surface area contributed by atoms with E-state index in [1.807, 2.05) is 13.8 Å². The Hall–Kier alpha value is -2.25. The van der Waals surface area contributed by atoms with Crippen molar-refractivity contribution in [3.05, 3.63) is 35.7 Å². The number of rotatable bonds is 5. The SMILES string of the molecule is CC.Cc1ccc2c(c1)CCN2c1ncnc2sc(NCCN(C)C)nc12.[HH]. The molecule has 0 bridgehead atoms. The highest BCUT2D eigenvalue weighted by Crippen LogP contribution is 2.38. The van der Waals surface area contributed by atoms with Gasteiger partial charge in [0.25, 0.3) is 0 Å². The van der Waals surface area contributed by atoms with Gasteiger partial charge in [-0.2, -0.15) is 0 Å². The second kappa shape index (κ2) is 8.63. The van der Waals surface area contributed by atoms with E-state index >= 15 is 0 Å². The van der Waals surface area contributed by atoms with E-state index in [9.17, 15) is 0 Å². The summed E-state index contributed by atoms with van der Waals surface area (Å²) < 4.78 is 0. The van der Waals surface area contributed by atoms with Gasteiger partial charge in [0, 0.05) is 26.7 Å². The third kappa shape index (κ3) is 4.20. The van der Waals surface area contributed by atoms with Gasteiger partial charge in [0.05, 0.1) is 0 Å². The molecule has 1 aliphatic heterocycles. The first-order valence-corrected chi connectivity index (χ1v) is 10.3. The van der Waals surface area contributed by atoms with Crippen molar-refractivity contribution in [1.29, 1.82) is 0 Å². The van der Waals surface area contributed by atoms with Crippen LogP contribution in [0.1, 0.15) is 26.4 Å². The molecule has 7 heteroatoms. The van der Waals surface area contributed by atoms with Crippen molar-refractivity contribution in [2.75, 3.05) is 43.9 Å². The van der Waals surface area contributed by atoms with Gasteiger partial charge in [-0.1, -0.05) is 42.9 Å². The van der Waals surface area contributed by atoms with Crippen molar-refractivity contribution < 1.29 is 1.43 Å². The molecule has 0 spiro atoms. The molecule has 1 aliphatic rings. The molecule has 1 N–H and O–H groups in total. The second-order valence-corrected chi connectivity index (χ2v) is 7.61. The minimum Gasteiger partial charge on any atom is -0.360 e. The molecule has 3 heterocycles. The lowest BCUT2D eigenvalue weighted by atomic mass is 10.1.